The van der Waals surface area contributed by atoms with Crippen molar-refractivity contribution in [3.63, 3.8) is 0 Å². The van der Waals surface area contributed by atoms with E-state index in [0.29, 0.717) is 22.0 Å². The highest BCUT2D eigenvalue weighted by molar-refractivity contribution is 7.99. The third kappa shape index (κ3) is 4.92. The van der Waals surface area contributed by atoms with Crippen LogP contribution in [0, 0.1) is 13.8 Å². The van der Waals surface area contributed by atoms with Gasteiger partial charge < -0.3 is 5.32 Å². The molecule has 4 rings (SSSR count). The van der Waals surface area contributed by atoms with Crippen LogP contribution in [0.2, 0.25) is 0 Å². The SMILES string of the molecule is CCC(C)c1ccc(NC(=O)CSc2nc3ccccc3c(=O)n2-c2cccc(C)c2C)cc1. The third-order valence-electron chi connectivity index (χ3n) is 6.27. The van der Waals surface area contributed by atoms with Crippen LogP contribution in [0.25, 0.3) is 16.6 Å². The van der Waals surface area contributed by atoms with Gasteiger partial charge in [0.05, 0.1) is 22.3 Å². The number of carbonyl (C=O) groups excluding carboxylic acids is 1. The van der Waals surface area contributed by atoms with Gasteiger partial charge in [-0.25, -0.2) is 4.98 Å². The van der Waals surface area contributed by atoms with Gasteiger partial charge in [-0.2, -0.15) is 0 Å². The molecule has 0 radical (unpaired) electrons. The fourth-order valence-corrected chi connectivity index (χ4v) is 4.66. The lowest BCUT2D eigenvalue weighted by molar-refractivity contribution is -0.113. The summed E-state index contributed by atoms with van der Waals surface area (Å²) in [5, 5.41) is 4.01. The normalized spacial score (nSPS) is 12.0. The molecule has 0 saturated carbocycles. The Morgan fingerprint density at radius 1 is 1.03 bits per heavy atom. The Hall–Kier alpha value is -3.38. The molecule has 0 aliphatic rings. The Kier molecular flexibility index (Phi) is 7.17. The van der Waals surface area contributed by atoms with Crippen LogP contribution in [0.4, 0.5) is 5.69 Å². The minimum absolute atomic E-state index is 0.136. The van der Waals surface area contributed by atoms with Crippen molar-refractivity contribution in [3.05, 3.63) is 93.8 Å². The predicted molar refractivity (Wildman–Crippen MR) is 141 cm³/mol. The molecule has 1 aromatic heterocycles. The van der Waals surface area contributed by atoms with Crippen molar-refractivity contribution in [2.75, 3.05) is 11.1 Å². The smallest absolute Gasteiger partial charge is 0.266 e. The topological polar surface area (TPSA) is 64.0 Å². The highest BCUT2D eigenvalue weighted by Crippen LogP contribution is 2.25. The Bertz CT molecular complexity index is 1390. The van der Waals surface area contributed by atoms with Crippen molar-refractivity contribution in [2.45, 2.75) is 45.2 Å². The summed E-state index contributed by atoms with van der Waals surface area (Å²) in [5.74, 6) is 0.486. The molecule has 1 atom stereocenters. The average Bonchev–Trinajstić information content (AvgIpc) is 2.85. The Morgan fingerprint density at radius 2 is 1.76 bits per heavy atom. The van der Waals surface area contributed by atoms with E-state index in [-0.39, 0.29) is 17.2 Å². The summed E-state index contributed by atoms with van der Waals surface area (Å²) in [4.78, 5) is 30.9. The van der Waals surface area contributed by atoms with Crippen LogP contribution in [-0.4, -0.2) is 21.2 Å². The zero-order valence-corrected chi connectivity index (χ0v) is 20.8. The van der Waals surface area contributed by atoms with E-state index in [2.05, 4.69) is 31.3 Å². The van der Waals surface area contributed by atoms with E-state index in [1.165, 1.54) is 17.3 Å². The molecule has 1 unspecified atom stereocenters. The molecule has 0 spiro atoms. The second-order valence-corrected chi connectivity index (χ2v) is 9.48. The number of nitrogens with one attached hydrogen (secondary N) is 1. The lowest BCUT2D eigenvalue weighted by Gasteiger charge is -2.16. The Morgan fingerprint density at radius 3 is 2.50 bits per heavy atom. The van der Waals surface area contributed by atoms with E-state index >= 15 is 0 Å². The number of hydrogen-bond acceptors (Lipinski definition) is 4. The first-order chi connectivity index (χ1) is 16.4. The highest BCUT2D eigenvalue weighted by Gasteiger charge is 2.17. The summed E-state index contributed by atoms with van der Waals surface area (Å²) in [6, 6.07) is 21.2. The molecule has 0 aliphatic carbocycles. The van der Waals surface area contributed by atoms with Gasteiger partial charge >= 0.3 is 0 Å². The second-order valence-electron chi connectivity index (χ2n) is 8.54. The van der Waals surface area contributed by atoms with Gasteiger partial charge in [-0.15, -0.1) is 0 Å². The number of thioether (sulfide) groups is 1. The number of rotatable bonds is 7. The molecule has 1 N–H and O–H groups in total. The number of hydrogen-bond donors (Lipinski definition) is 1. The Balaban J connectivity index is 1.62. The number of carbonyl (C=O) groups is 1. The first kappa shape index (κ1) is 23.8. The molecular weight excluding hydrogens is 442 g/mol. The van der Waals surface area contributed by atoms with Crippen LogP contribution in [0.3, 0.4) is 0 Å². The van der Waals surface area contributed by atoms with Crippen LogP contribution in [0.15, 0.2) is 76.7 Å². The summed E-state index contributed by atoms with van der Waals surface area (Å²) >= 11 is 1.26. The number of aromatic nitrogens is 2. The summed E-state index contributed by atoms with van der Waals surface area (Å²) in [5.41, 5.74) is 5.39. The molecule has 5 nitrogen and oxygen atoms in total. The number of anilines is 1. The third-order valence-corrected chi connectivity index (χ3v) is 7.21. The van der Waals surface area contributed by atoms with E-state index < -0.39 is 0 Å². The summed E-state index contributed by atoms with van der Waals surface area (Å²) in [7, 11) is 0. The first-order valence-corrected chi connectivity index (χ1v) is 12.5. The number of benzene rings is 3. The maximum absolute atomic E-state index is 13.5. The maximum Gasteiger partial charge on any atom is 0.266 e. The van der Waals surface area contributed by atoms with Gasteiger partial charge in [0.15, 0.2) is 5.16 Å². The van der Waals surface area contributed by atoms with Crippen molar-refractivity contribution >= 4 is 34.3 Å². The molecule has 4 aromatic rings. The zero-order chi connectivity index (χ0) is 24.2. The van der Waals surface area contributed by atoms with Crippen LogP contribution >= 0.6 is 11.8 Å². The van der Waals surface area contributed by atoms with Gasteiger partial charge in [0, 0.05) is 5.69 Å². The van der Waals surface area contributed by atoms with E-state index in [4.69, 9.17) is 4.98 Å². The standard InChI is InChI=1S/C28H29N3O2S/c1-5-18(2)21-13-15-22(16-14-21)29-26(32)17-34-28-30-24-11-7-6-10-23(24)27(33)31(28)25-12-8-9-19(3)20(25)4/h6-16,18H,5,17H2,1-4H3,(H,29,32). The number of para-hydroxylation sites is 1. The van der Waals surface area contributed by atoms with Gasteiger partial charge in [0.1, 0.15) is 0 Å². The number of nitrogens with zero attached hydrogens (tertiary/aromatic N) is 2. The molecule has 174 valence electrons. The summed E-state index contributed by atoms with van der Waals surface area (Å²) < 4.78 is 1.63. The maximum atomic E-state index is 13.5. The van der Waals surface area contributed by atoms with Crippen molar-refractivity contribution in [1.82, 2.24) is 9.55 Å². The number of amides is 1. The molecule has 6 heteroatoms. The van der Waals surface area contributed by atoms with Crippen molar-refractivity contribution < 1.29 is 4.79 Å². The molecule has 0 aliphatic heterocycles. The van der Waals surface area contributed by atoms with Gasteiger partial charge in [-0.1, -0.05) is 62.0 Å². The molecule has 0 bridgehead atoms. The van der Waals surface area contributed by atoms with Crippen LogP contribution in [0.1, 0.15) is 42.9 Å². The fourth-order valence-electron chi connectivity index (χ4n) is 3.86. The van der Waals surface area contributed by atoms with Gasteiger partial charge in [0.25, 0.3) is 5.56 Å². The number of fused-ring (bicyclic) bond motifs is 1. The van der Waals surface area contributed by atoms with Crippen LogP contribution in [-0.2, 0) is 4.79 Å². The molecule has 1 heterocycles. The second kappa shape index (κ2) is 10.3. The Labute approximate surface area is 204 Å². The van der Waals surface area contributed by atoms with E-state index in [1.807, 2.05) is 62.4 Å². The zero-order valence-electron chi connectivity index (χ0n) is 20.0. The molecule has 3 aromatic carbocycles. The largest absolute Gasteiger partial charge is 0.325 e. The quantitative estimate of drug-likeness (QED) is 0.256. The molecule has 0 fully saturated rings. The lowest BCUT2D eigenvalue weighted by atomic mass is 9.99. The average molecular weight is 472 g/mol. The van der Waals surface area contributed by atoms with Gasteiger partial charge in [0.2, 0.25) is 5.91 Å². The van der Waals surface area contributed by atoms with Crippen LogP contribution in [0.5, 0.6) is 0 Å². The molecule has 34 heavy (non-hydrogen) atoms. The van der Waals surface area contributed by atoms with Crippen LogP contribution < -0.4 is 10.9 Å². The molecule has 1 amide bonds. The van der Waals surface area contributed by atoms with E-state index in [0.717, 1.165) is 28.9 Å². The van der Waals surface area contributed by atoms with E-state index in [1.54, 1.807) is 10.6 Å². The van der Waals surface area contributed by atoms with Gasteiger partial charge in [-0.05, 0) is 73.2 Å². The predicted octanol–water partition coefficient (Wildman–Crippen LogP) is 6.25. The molecular formula is C28H29N3O2S. The molecule has 0 saturated heterocycles. The lowest BCUT2D eigenvalue weighted by Crippen LogP contribution is -2.23. The first-order valence-electron chi connectivity index (χ1n) is 11.5. The minimum Gasteiger partial charge on any atom is -0.325 e. The summed E-state index contributed by atoms with van der Waals surface area (Å²) in [6.07, 6.45) is 1.07. The highest BCUT2D eigenvalue weighted by atomic mass is 32.2. The van der Waals surface area contributed by atoms with E-state index in [9.17, 15) is 9.59 Å². The van der Waals surface area contributed by atoms with Crippen molar-refractivity contribution in [3.8, 4) is 5.69 Å². The number of aryl methyl sites for hydroxylation is 1. The minimum atomic E-state index is -0.142. The van der Waals surface area contributed by atoms with Gasteiger partial charge in [-0.3, -0.25) is 14.2 Å². The van der Waals surface area contributed by atoms with Crippen molar-refractivity contribution in [1.29, 1.82) is 0 Å². The summed E-state index contributed by atoms with van der Waals surface area (Å²) in [6.45, 7) is 8.37. The monoisotopic (exact) mass is 471 g/mol. The fraction of sp³-hybridized carbons (Fsp3) is 0.250. The van der Waals surface area contributed by atoms with Crippen molar-refractivity contribution in [2.24, 2.45) is 0 Å².